The van der Waals surface area contributed by atoms with Crippen LogP contribution in [0.25, 0.3) is 11.3 Å². The zero-order valence-corrected chi connectivity index (χ0v) is 9.78. The Hall–Kier alpha value is -2.20. The molecule has 0 aliphatic heterocycles. The highest BCUT2D eigenvalue weighted by Crippen LogP contribution is 2.20. The van der Waals surface area contributed by atoms with Gasteiger partial charge in [0.15, 0.2) is 0 Å². The highest BCUT2D eigenvalue weighted by molar-refractivity contribution is 5.68. The summed E-state index contributed by atoms with van der Waals surface area (Å²) in [5.74, 6) is -0.892. The van der Waals surface area contributed by atoms with Crippen LogP contribution in [-0.2, 0) is 4.79 Å². The van der Waals surface area contributed by atoms with Crippen LogP contribution in [0.1, 0.15) is 18.0 Å². The average molecular weight is 242 g/mol. The largest absolute Gasteiger partial charge is 0.481 e. The number of hydrogen-bond donors (Lipinski definition) is 2. The highest BCUT2D eigenvalue weighted by Gasteiger charge is 2.10. The molecule has 1 aromatic carbocycles. The fraction of sp³-hybridized carbons (Fsp3) is 0.143. The van der Waals surface area contributed by atoms with Gasteiger partial charge in [0.25, 0.3) is 0 Å². The quantitative estimate of drug-likeness (QED) is 0.861. The molecule has 4 heteroatoms. The molecule has 3 N–H and O–H groups in total. The molecule has 0 aliphatic carbocycles. The Bertz CT molecular complexity index is 523. The van der Waals surface area contributed by atoms with Crippen LogP contribution in [0.4, 0.5) is 0 Å². The van der Waals surface area contributed by atoms with Crippen molar-refractivity contribution < 1.29 is 9.90 Å². The third-order valence-corrected chi connectivity index (χ3v) is 2.69. The van der Waals surface area contributed by atoms with E-state index in [1.165, 1.54) is 0 Å². The monoisotopic (exact) mass is 242 g/mol. The summed E-state index contributed by atoms with van der Waals surface area (Å²) in [7, 11) is 0. The normalized spacial score (nSPS) is 12.1. The average Bonchev–Trinajstić information content (AvgIpc) is 2.39. The lowest BCUT2D eigenvalue weighted by atomic mass is 10.0. The molecule has 0 fully saturated rings. The van der Waals surface area contributed by atoms with Gasteiger partial charge in [-0.3, -0.25) is 9.78 Å². The molecule has 92 valence electrons. The van der Waals surface area contributed by atoms with Crippen molar-refractivity contribution in [1.29, 1.82) is 0 Å². The molecule has 0 spiro atoms. The van der Waals surface area contributed by atoms with E-state index in [1.54, 1.807) is 6.20 Å². The highest BCUT2D eigenvalue weighted by atomic mass is 16.4. The number of rotatable bonds is 4. The van der Waals surface area contributed by atoms with E-state index in [0.29, 0.717) is 0 Å². The molecule has 0 radical (unpaired) electrons. The van der Waals surface area contributed by atoms with Crippen LogP contribution in [0, 0.1) is 0 Å². The van der Waals surface area contributed by atoms with Crippen LogP contribution in [-0.4, -0.2) is 16.1 Å². The van der Waals surface area contributed by atoms with Crippen molar-refractivity contribution in [3.05, 3.63) is 54.2 Å². The van der Waals surface area contributed by atoms with E-state index in [1.807, 2.05) is 42.5 Å². The first-order chi connectivity index (χ1) is 8.66. The van der Waals surface area contributed by atoms with Gasteiger partial charge >= 0.3 is 5.97 Å². The standard InChI is InChI=1S/C14H14N2O2/c15-12(9-14(17)18)10-4-6-11(7-5-10)13-3-1-2-8-16-13/h1-8,12H,9,15H2,(H,17,18)/t12-/m1/s1. The molecule has 1 aromatic heterocycles. The number of carboxylic acids is 1. The van der Waals surface area contributed by atoms with E-state index in [2.05, 4.69) is 4.98 Å². The van der Waals surface area contributed by atoms with E-state index in [-0.39, 0.29) is 6.42 Å². The maximum Gasteiger partial charge on any atom is 0.305 e. The van der Waals surface area contributed by atoms with Crippen molar-refractivity contribution in [1.82, 2.24) is 4.98 Å². The van der Waals surface area contributed by atoms with Crippen molar-refractivity contribution >= 4 is 5.97 Å². The molecule has 0 bridgehead atoms. The van der Waals surface area contributed by atoms with Gasteiger partial charge in [-0.1, -0.05) is 30.3 Å². The molecule has 18 heavy (non-hydrogen) atoms. The number of benzene rings is 1. The summed E-state index contributed by atoms with van der Waals surface area (Å²) >= 11 is 0. The number of pyridine rings is 1. The first-order valence-electron chi connectivity index (χ1n) is 5.65. The van der Waals surface area contributed by atoms with E-state index >= 15 is 0 Å². The van der Waals surface area contributed by atoms with Gasteiger partial charge < -0.3 is 10.8 Å². The van der Waals surface area contributed by atoms with E-state index in [9.17, 15) is 4.79 Å². The molecule has 2 rings (SSSR count). The van der Waals surface area contributed by atoms with Crippen LogP contribution in [0.15, 0.2) is 48.7 Å². The van der Waals surface area contributed by atoms with Gasteiger partial charge in [-0.25, -0.2) is 0 Å². The number of carboxylic acid groups (broad SMARTS) is 1. The summed E-state index contributed by atoms with van der Waals surface area (Å²) in [5.41, 5.74) is 8.48. The van der Waals surface area contributed by atoms with Crippen LogP contribution >= 0.6 is 0 Å². The predicted octanol–water partition coefficient (Wildman–Crippen LogP) is 2.22. The minimum absolute atomic E-state index is 0.0665. The van der Waals surface area contributed by atoms with Crippen molar-refractivity contribution in [2.24, 2.45) is 5.73 Å². The van der Waals surface area contributed by atoms with Gasteiger partial charge in [0, 0.05) is 17.8 Å². The first-order valence-corrected chi connectivity index (χ1v) is 5.65. The summed E-state index contributed by atoms with van der Waals surface area (Å²) < 4.78 is 0. The Labute approximate surface area is 105 Å². The van der Waals surface area contributed by atoms with Crippen molar-refractivity contribution in [2.45, 2.75) is 12.5 Å². The van der Waals surface area contributed by atoms with Gasteiger partial charge in [-0.15, -0.1) is 0 Å². The number of hydrogen-bond acceptors (Lipinski definition) is 3. The summed E-state index contributed by atoms with van der Waals surface area (Å²) in [5, 5.41) is 8.69. The third kappa shape index (κ3) is 2.93. The van der Waals surface area contributed by atoms with Gasteiger partial charge in [0.2, 0.25) is 0 Å². The molecule has 2 aromatic rings. The Balaban J connectivity index is 2.18. The van der Waals surface area contributed by atoms with Gasteiger partial charge in [0.1, 0.15) is 0 Å². The van der Waals surface area contributed by atoms with E-state index in [4.69, 9.17) is 10.8 Å². The van der Waals surface area contributed by atoms with Crippen LogP contribution in [0.3, 0.4) is 0 Å². The Morgan fingerprint density at radius 2 is 1.94 bits per heavy atom. The first kappa shape index (κ1) is 12.3. The second kappa shape index (κ2) is 5.42. The molecule has 0 unspecified atom stereocenters. The van der Waals surface area contributed by atoms with Crippen LogP contribution in [0.5, 0.6) is 0 Å². The molecule has 0 amide bonds. The number of aromatic nitrogens is 1. The zero-order chi connectivity index (χ0) is 13.0. The lowest BCUT2D eigenvalue weighted by Gasteiger charge is -2.09. The SMILES string of the molecule is N[C@H](CC(=O)O)c1ccc(-c2ccccn2)cc1. The lowest BCUT2D eigenvalue weighted by molar-refractivity contribution is -0.137. The summed E-state index contributed by atoms with van der Waals surface area (Å²) in [4.78, 5) is 14.8. The number of nitrogens with two attached hydrogens (primary N) is 1. The maximum atomic E-state index is 10.6. The Morgan fingerprint density at radius 1 is 1.22 bits per heavy atom. The number of carbonyl (C=O) groups is 1. The fourth-order valence-electron chi connectivity index (χ4n) is 1.74. The Kier molecular flexibility index (Phi) is 3.69. The molecule has 4 nitrogen and oxygen atoms in total. The molecular formula is C14H14N2O2. The van der Waals surface area contributed by atoms with Gasteiger partial charge in [-0.2, -0.15) is 0 Å². The van der Waals surface area contributed by atoms with Crippen molar-refractivity contribution in [3.63, 3.8) is 0 Å². The zero-order valence-electron chi connectivity index (χ0n) is 9.78. The van der Waals surface area contributed by atoms with E-state index in [0.717, 1.165) is 16.8 Å². The van der Waals surface area contributed by atoms with Crippen molar-refractivity contribution in [3.8, 4) is 11.3 Å². The van der Waals surface area contributed by atoms with E-state index < -0.39 is 12.0 Å². The second-order valence-electron chi connectivity index (χ2n) is 4.04. The number of aliphatic carboxylic acids is 1. The fourth-order valence-corrected chi connectivity index (χ4v) is 1.74. The molecule has 1 atom stereocenters. The number of nitrogens with zero attached hydrogens (tertiary/aromatic N) is 1. The van der Waals surface area contributed by atoms with Gasteiger partial charge in [0.05, 0.1) is 12.1 Å². The maximum absolute atomic E-state index is 10.6. The summed E-state index contributed by atoms with van der Waals surface area (Å²) in [6.07, 6.45) is 1.67. The molecule has 0 saturated carbocycles. The Morgan fingerprint density at radius 3 is 2.50 bits per heavy atom. The van der Waals surface area contributed by atoms with Crippen LogP contribution in [0.2, 0.25) is 0 Å². The summed E-state index contributed by atoms with van der Waals surface area (Å²) in [6.45, 7) is 0. The lowest BCUT2D eigenvalue weighted by Crippen LogP contribution is -2.14. The molecular weight excluding hydrogens is 228 g/mol. The minimum Gasteiger partial charge on any atom is -0.481 e. The predicted molar refractivity (Wildman–Crippen MR) is 68.9 cm³/mol. The summed E-state index contributed by atoms with van der Waals surface area (Å²) in [6, 6.07) is 12.7. The van der Waals surface area contributed by atoms with Crippen molar-refractivity contribution in [2.75, 3.05) is 0 Å². The van der Waals surface area contributed by atoms with Crippen LogP contribution < -0.4 is 5.73 Å². The molecule has 0 aliphatic rings. The van der Waals surface area contributed by atoms with Gasteiger partial charge in [-0.05, 0) is 17.7 Å². The second-order valence-corrected chi connectivity index (χ2v) is 4.04. The third-order valence-electron chi connectivity index (χ3n) is 2.69. The minimum atomic E-state index is -0.892. The smallest absolute Gasteiger partial charge is 0.305 e. The molecule has 1 heterocycles. The molecule has 0 saturated heterocycles. The topological polar surface area (TPSA) is 76.2 Å².